The molecule has 0 unspecified atom stereocenters. The van der Waals surface area contributed by atoms with E-state index in [0.29, 0.717) is 19.8 Å². The summed E-state index contributed by atoms with van der Waals surface area (Å²) in [5, 5.41) is 8.49. The van der Waals surface area contributed by atoms with Gasteiger partial charge in [0.1, 0.15) is 10.8 Å². The molecule has 1 fully saturated rings. The van der Waals surface area contributed by atoms with E-state index in [9.17, 15) is 9.18 Å². The van der Waals surface area contributed by atoms with Crippen molar-refractivity contribution in [2.24, 2.45) is 0 Å². The van der Waals surface area contributed by atoms with Crippen molar-refractivity contribution in [2.45, 2.75) is 13.0 Å². The summed E-state index contributed by atoms with van der Waals surface area (Å²) in [5.74, 6) is -1.97. The summed E-state index contributed by atoms with van der Waals surface area (Å²) in [6.45, 7) is 3.43. The third-order valence-electron chi connectivity index (χ3n) is 2.80. The average molecular weight is 275 g/mol. The first-order chi connectivity index (χ1) is 8.50. The fraction of sp³-hybridized carbons (Fsp3) is 0.455. The van der Waals surface area contributed by atoms with Crippen LogP contribution in [0.25, 0.3) is 0 Å². The molecule has 1 saturated heterocycles. The molecule has 1 aromatic rings. The fourth-order valence-corrected chi connectivity index (χ4v) is 2.03. The van der Waals surface area contributed by atoms with Crippen LogP contribution in [0.3, 0.4) is 0 Å². The molecular formula is C11H12ClFN2O3. The number of rotatable bonds is 2. The van der Waals surface area contributed by atoms with Gasteiger partial charge in [-0.1, -0.05) is 11.6 Å². The van der Waals surface area contributed by atoms with E-state index >= 15 is 0 Å². The van der Waals surface area contributed by atoms with E-state index in [1.165, 1.54) is 6.07 Å². The van der Waals surface area contributed by atoms with E-state index in [0.717, 1.165) is 0 Å². The summed E-state index contributed by atoms with van der Waals surface area (Å²) in [7, 11) is 0. The SMILES string of the molecule is C[C@H]1COCCN1c1cc(C(=O)O)c(Cl)c(F)n1. The lowest BCUT2D eigenvalue weighted by atomic mass is 10.2. The molecule has 5 nitrogen and oxygen atoms in total. The van der Waals surface area contributed by atoms with Crippen LogP contribution in [0.4, 0.5) is 10.2 Å². The van der Waals surface area contributed by atoms with Crippen molar-refractivity contribution in [3.63, 3.8) is 0 Å². The molecule has 1 aromatic heterocycles. The summed E-state index contributed by atoms with van der Waals surface area (Å²) < 4.78 is 18.8. The van der Waals surface area contributed by atoms with Gasteiger partial charge in [0.25, 0.3) is 0 Å². The minimum Gasteiger partial charge on any atom is -0.478 e. The Labute approximate surface area is 108 Å². The summed E-state index contributed by atoms with van der Waals surface area (Å²) in [6.07, 6.45) is 0. The van der Waals surface area contributed by atoms with Crippen LogP contribution in [-0.4, -0.2) is 41.9 Å². The summed E-state index contributed by atoms with van der Waals surface area (Å²) in [6, 6.07) is 1.30. The lowest BCUT2D eigenvalue weighted by Crippen LogP contribution is -2.44. The molecule has 1 N–H and O–H groups in total. The standard InChI is InChI=1S/C11H12ClFN2O3/c1-6-5-18-3-2-15(6)8-4-7(11(16)17)9(12)10(13)14-8/h4,6H,2-3,5H2,1H3,(H,16,17)/t6-/m0/s1. The second-order valence-corrected chi connectivity index (χ2v) is 4.43. The van der Waals surface area contributed by atoms with Crippen molar-refractivity contribution in [3.05, 3.63) is 22.6 Å². The fourth-order valence-electron chi connectivity index (χ4n) is 1.86. The maximum absolute atomic E-state index is 13.5. The van der Waals surface area contributed by atoms with Crippen molar-refractivity contribution in [1.29, 1.82) is 0 Å². The Morgan fingerprint density at radius 2 is 2.44 bits per heavy atom. The van der Waals surface area contributed by atoms with Crippen molar-refractivity contribution < 1.29 is 19.0 Å². The highest BCUT2D eigenvalue weighted by atomic mass is 35.5. The van der Waals surface area contributed by atoms with Gasteiger partial charge < -0.3 is 14.7 Å². The Balaban J connectivity index is 2.41. The van der Waals surface area contributed by atoms with Gasteiger partial charge in [-0.05, 0) is 13.0 Å². The first-order valence-corrected chi connectivity index (χ1v) is 5.82. The van der Waals surface area contributed by atoms with Gasteiger partial charge in [0.15, 0.2) is 0 Å². The van der Waals surface area contributed by atoms with Crippen LogP contribution >= 0.6 is 11.6 Å². The van der Waals surface area contributed by atoms with E-state index in [2.05, 4.69) is 4.98 Å². The van der Waals surface area contributed by atoms with Crippen LogP contribution in [0.1, 0.15) is 17.3 Å². The van der Waals surface area contributed by atoms with E-state index < -0.39 is 16.9 Å². The zero-order valence-electron chi connectivity index (χ0n) is 9.69. The van der Waals surface area contributed by atoms with Gasteiger partial charge in [-0.15, -0.1) is 0 Å². The number of nitrogens with zero attached hydrogens (tertiary/aromatic N) is 2. The summed E-state index contributed by atoms with van der Waals surface area (Å²) in [5.41, 5.74) is -0.280. The normalized spacial score (nSPS) is 19.9. The molecule has 1 atom stereocenters. The van der Waals surface area contributed by atoms with E-state index in [1.807, 2.05) is 6.92 Å². The van der Waals surface area contributed by atoms with Crippen LogP contribution in [0.15, 0.2) is 6.07 Å². The molecule has 2 rings (SSSR count). The molecule has 7 heteroatoms. The lowest BCUT2D eigenvalue weighted by molar-refractivity contribution is 0.0696. The van der Waals surface area contributed by atoms with Crippen LogP contribution in [0.2, 0.25) is 5.02 Å². The summed E-state index contributed by atoms with van der Waals surface area (Å²) in [4.78, 5) is 16.5. The monoisotopic (exact) mass is 274 g/mol. The largest absolute Gasteiger partial charge is 0.478 e. The van der Waals surface area contributed by atoms with Crippen LogP contribution < -0.4 is 4.90 Å². The van der Waals surface area contributed by atoms with E-state index in [1.54, 1.807) is 4.90 Å². The number of hydrogen-bond acceptors (Lipinski definition) is 4. The van der Waals surface area contributed by atoms with Crippen molar-refractivity contribution in [1.82, 2.24) is 4.98 Å². The number of aromatic nitrogens is 1. The zero-order chi connectivity index (χ0) is 13.3. The number of ether oxygens (including phenoxy) is 1. The molecular weight excluding hydrogens is 263 g/mol. The van der Waals surface area contributed by atoms with E-state index in [-0.39, 0.29) is 17.4 Å². The van der Waals surface area contributed by atoms with Gasteiger partial charge in [-0.2, -0.15) is 4.39 Å². The van der Waals surface area contributed by atoms with Gasteiger partial charge >= 0.3 is 5.97 Å². The molecule has 2 heterocycles. The van der Waals surface area contributed by atoms with Gasteiger partial charge in [0.2, 0.25) is 5.95 Å². The molecule has 0 spiro atoms. The molecule has 98 valence electrons. The Hall–Kier alpha value is -1.40. The highest BCUT2D eigenvalue weighted by Gasteiger charge is 2.24. The number of morpholine rings is 1. The molecule has 0 saturated carbocycles. The Morgan fingerprint density at radius 3 is 3.06 bits per heavy atom. The van der Waals surface area contributed by atoms with Gasteiger partial charge in [0.05, 0.1) is 24.8 Å². The van der Waals surface area contributed by atoms with Gasteiger partial charge in [-0.25, -0.2) is 9.78 Å². The molecule has 0 amide bonds. The minimum absolute atomic E-state index is 0.00784. The number of pyridine rings is 1. The molecule has 1 aliphatic heterocycles. The number of anilines is 1. The Morgan fingerprint density at radius 1 is 1.72 bits per heavy atom. The number of carboxylic acids is 1. The summed E-state index contributed by atoms with van der Waals surface area (Å²) >= 11 is 5.57. The minimum atomic E-state index is -1.27. The number of aromatic carboxylic acids is 1. The third-order valence-corrected chi connectivity index (χ3v) is 3.16. The number of halogens is 2. The third kappa shape index (κ3) is 2.39. The molecule has 0 bridgehead atoms. The predicted octanol–water partition coefficient (Wildman–Crippen LogP) is 1.80. The first kappa shape index (κ1) is 13.0. The highest BCUT2D eigenvalue weighted by molar-refractivity contribution is 6.33. The maximum Gasteiger partial charge on any atom is 0.337 e. The topological polar surface area (TPSA) is 62.7 Å². The molecule has 18 heavy (non-hydrogen) atoms. The first-order valence-electron chi connectivity index (χ1n) is 5.44. The van der Waals surface area contributed by atoms with Crippen molar-refractivity contribution in [3.8, 4) is 0 Å². The average Bonchev–Trinajstić information content (AvgIpc) is 2.33. The number of carboxylic acid groups (broad SMARTS) is 1. The molecule has 0 aromatic carbocycles. The quantitative estimate of drug-likeness (QED) is 0.833. The lowest BCUT2D eigenvalue weighted by Gasteiger charge is -2.34. The van der Waals surface area contributed by atoms with E-state index in [4.69, 9.17) is 21.4 Å². The maximum atomic E-state index is 13.5. The highest BCUT2D eigenvalue weighted by Crippen LogP contribution is 2.25. The van der Waals surface area contributed by atoms with Crippen LogP contribution in [0.5, 0.6) is 0 Å². The molecule has 0 aliphatic carbocycles. The smallest absolute Gasteiger partial charge is 0.337 e. The Kier molecular flexibility index (Phi) is 3.68. The van der Waals surface area contributed by atoms with Gasteiger partial charge in [-0.3, -0.25) is 0 Å². The number of hydrogen-bond donors (Lipinski definition) is 1. The van der Waals surface area contributed by atoms with Crippen molar-refractivity contribution in [2.75, 3.05) is 24.7 Å². The zero-order valence-corrected chi connectivity index (χ0v) is 10.4. The van der Waals surface area contributed by atoms with Crippen molar-refractivity contribution >= 4 is 23.4 Å². The van der Waals surface area contributed by atoms with Crippen LogP contribution in [0, 0.1) is 5.95 Å². The second-order valence-electron chi connectivity index (χ2n) is 4.06. The number of carbonyl (C=O) groups is 1. The predicted molar refractivity (Wildman–Crippen MR) is 63.8 cm³/mol. The second kappa shape index (κ2) is 5.07. The Bertz CT molecular complexity index is 484. The van der Waals surface area contributed by atoms with Crippen LogP contribution in [-0.2, 0) is 4.74 Å². The molecule has 1 aliphatic rings. The van der Waals surface area contributed by atoms with Gasteiger partial charge in [0, 0.05) is 6.54 Å². The molecule has 0 radical (unpaired) electrons.